The molecule has 0 aliphatic rings. The number of phenols is 1. The number of aromatic hydroxyl groups is 1. The number of ketones is 1. The van der Waals surface area contributed by atoms with Gasteiger partial charge in [0.25, 0.3) is 0 Å². The second-order valence-corrected chi connectivity index (χ2v) is 4.86. The van der Waals surface area contributed by atoms with E-state index >= 15 is 0 Å². The van der Waals surface area contributed by atoms with Crippen LogP contribution in [0.1, 0.15) is 16.8 Å². The van der Waals surface area contributed by atoms with Gasteiger partial charge in [0, 0.05) is 12.0 Å². The highest BCUT2D eigenvalue weighted by Crippen LogP contribution is 2.24. The van der Waals surface area contributed by atoms with Crippen LogP contribution in [-0.4, -0.2) is 35.9 Å². The van der Waals surface area contributed by atoms with Gasteiger partial charge in [-0.2, -0.15) is 8.42 Å². The van der Waals surface area contributed by atoms with Gasteiger partial charge in [0.15, 0.2) is 5.78 Å². The Balaban J connectivity index is 2.70. The van der Waals surface area contributed by atoms with Crippen molar-refractivity contribution in [2.75, 3.05) is 5.73 Å². The Morgan fingerprint density at radius 3 is 2.52 bits per heavy atom. The van der Waals surface area contributed by atoms with Gasteiger partial charge in [0.2, 0.25) is 0 Å². The molecule has 0 bridgehead atoms. The van der Waals surface area contributed by atoms with Crippen LogP contribution in [0.15, 0.2) is 18.2 Å². The van der Waals surface area contributed by atoms with E-state index in [0.717, 1.165) is 0 Å². The standard InChI is InChI=1S/C10H12N2O8S/c11-6(10(15)19-20-21(16,17)18)4-8(14)5-2-1-3-7(13)9(5)12/h1-3,6,13H,4,11-12H2,(H,16,17,18)/t6-/m0/s1. The first-order valence-corrected chi connectivity index (χ1v) is 6.72. The van der Waals surface area contributed by atoms with Crippen molar-refractivity contribution in [3.05, 3.63) is 23.8 Å². The number of hydrogen-bond donors (Lipinski definition) is 4. The van der Waals surface area contributed by atoms with Crippen LogP contribution in [0.4, 0.5) is 5.69 Å². The van der Waals surface area contributed by atoms with Crippen LogP contribution >= 0.6 is 0 Å². The first-order valence-electron chi connectivity index (χ1n) is 5.35. The highest BCUT2D eigenvalue weighted by atomic mass is 32.3. The minimum Gasteiger partial charge on any atom is -0.506 e. The van der Waals surface area contributed by atoms with Crippen LogP contribution in [0.5, 0.6) is 5.75 Å². The number of para-hydroxylation sites is 1. The first kappa shape index (κ1) is 16.8. The van der Waals surface area contributed by atoms with Crippen LogP contribution < -0.4 is 11.5 Å². The van der Waals surface area contributed by atoms with Gasteiger partial charge in [-0.15, -0.1) is 0 Å². The van der Waals surface area contributed by atoms with Gasteiger partial charge in [0.1, 0.15) is 11.8 Å². The fourth-order valence-corrected chi connectivity index (χ4v) is 1.48. The summed E-state index contributed by atoms with van der Waals surface area (Å²) in [6.45, 7) is 0. The summed E-state index contributed by atoms with van der Waals surface area (Å²) >= 11 is 0. The van der Waals surface area contributed by atoms with Crippen molar-refractivity contribution in [3.8, 4) is 5.75 Å². The van der Waals surface area contributed by atoms with E-state index in [0.29, 0.717) is 0 Å². The van der Waals surface area contributed by atoms with E-state index in [1.807, 2.05) is 0 Å². The summed E-state index contributed by atoms with van der Waals surface area (Å²) in [5, 5.41) is 9.35. The average molecular weight is 320 g/mol. The maximum Gasteiger partial charge on any atom is 0.432 e. The number of carbonyl (C=O) groups is 2. The summed E-state index contributed by atoms with van der Waals surface area (Å²) in [4.78, 5) is 26.8. The summed E-state index contributed by atoms with van der Waals surface area (Å²) in [5.74, 6) is -2.38. The molecule has 1 aromatic rings. The fraction of sp³-hybridized carbons (Fsp3) is 0.200. The molecule has 0 unspecified atom stereocenters. The Morgan fingerprint density at radius 2 is 1.95 bits per heavy atom. The van der Waals surface area contributed by atoms with E-state index in [1.54, 1.807) is 0 Å². The number of nitrogen functional groups attached to an aromatic ring is 1. The zero-order valence-corrected chi connectivity index (χ0v) is 11.2. The average Bonchev–Trinajstić information content (AvgIpc) is 2.38. The smallest absolute Gasteiger partial charge is 0.432 e. The Kier molecular flexibility index (Phi) is 5.21. The third kappa shape index (κ3) is 5.00. The lowest BCUT2D eigenvalue weighted by molar-refractivity contribution is -0.216. The molecule has 1 aromatic carbocycles. The van der Waals surface area contributed by atoms with Crippen LogP contribution in [-0.2, 0) is 24.4 Å². The molecular formula is C10H12N2O8S. The lowest BCUT2D eigenvalue weighted by atomic mass is 10.0. The Hall–Kier alpha value is -2.21. The zero-order valence-electron chi connectivity index (χ0n) is 10.4. The van der Waals surface area contributed by atoms with E-state index in [1.165, 1.54) is 18.2 Å². The summed E-state index contributed by atoms with van der Waals surface area (Å²) in [6, 6.07) is 2.38. The molecule has 11 heteroatoms. The summed E-state index contributed by atoms with van der Waals surface area (Å²) in [7, 11) is -4.98. The van der Waals surface area contributed by atoms with E-state index in [2.05, 4.69) is 9.22 Å². The monoisotopic (exact) mass is 320 g/mol. The van der Waals surface area contributed by atoms with Crippen molar-refractivity contribution < 1.29 is 36.9 Å². The van der Waals surface area contributed by atoms with Gasteiger partial charge in [-0.25, -0.2) is 4.79 Å². The van der Waals surface area contributed by atoms with Crippen LogP contribution in [0, 0.1) is 0 Å². The van der Waals surface area contributed by atoms with Gasteiger partial charge in [-0.05, 0) is 16.5 Å². The number of benzene rings is 1. The van der Waals surface area contributed by atoms with Gasteiger partial charge in [-0.1, -0.05) is 6.07 Å². The van der Waals surface area contributed by atoms with E-state index in [9.17, 15) is 23.1 Å². The molecule has 0 spiro atoms. The molecule has 10 nitrogen and oxygen atoms in total. The predicted octanol–water partition coefficient (Wildman–Crippen LogP) is -0.848. The van der Waals surface area contributed by atoms with Crippen molar-refractivity contribution >= 4 is 27.8 Å². The van der Waals surface area contributed by atoms with Crippen molar-refractivity contribution in [1.82, 2.24) is 0 Å². The van der Waals surface area contributed by atoms with Crippen LogP contribution in [0.25, 0.3) is 0 Å². The van der Waals surface area contributed by atoms with Crippen molar-refractivity contribution in [3.63, 3.8) is 0 Å². The first-order chi connectivity index (χ1) is 9.61. The molecule has 0 saturated heterocycles. The van der Waals surface area contributed by atoms with Gasteiger partial charge in [0.05, 0.1) is 5.69 Å². The van der Waals surface area contributed by atoms with E-state index in [4.69, 9.17) is 16.0 Å². The molecule has 0 heterocycles. The zero-order chi connectivity index (χ0) is 16.2. The van der Waals surface area contributed by atoms with E-state index < -0.39 is 34.6 Å². The normalized spacial score (nSPS) is 12.7. The minimum absolute atomic E-state index is 0.0612. The molecule has 0 fully saturated rings. The third-order valence-corrected chi connectivity index (χ3v) is 2.53. The highest BCUT2D eigenvalue weighted by molar-refractivity contribution is 7.80. The number of anilines is 1. The maximum atomic E-state index is 11.8. The number of carbonyl (C=O) groups excluding carboxylic acids is 2. The second kappa shape index (κ2) is 6.49. The van der Waals surface area contributed by atoms with Gasteiger partial charge in [-0.3, -0.25) is 14.2 Å². The molecule has 21 heavy (non-hydrogen) atoms. The van der Waals surface area contributed by atoms with Crippen LogP contribution in [0.2, 0.25) is 0 Å². The molecule has 0 aliphatic carbocycles. The van der Waals surface area contributed by atoms with Crippen molar-refractivity contribution in [1.29, 1.82) is 0 Å². The lowest BCUT2D eigenvalue weighted by Crippen LogP contribution is -2.35. The topological polar surface area (TPSA) is 179 Å². The van der Waals surface area contributed by atoms with Gasteiger partial charge < -0.3 is 16.6 Å². The molecule has 1 rings (SSSR count). The number of phenolic OH excluding ortho intramolecular Hbond substituents is 1. The Labute approximate surface area is 119 Å². The number of Topliss-reactive ketones (excluding diaryl/α,β-unsaturated/α-hetero) is 1. The number of nitrogens with two attached hydrogens (primary N) is 2. The van der Waals surface area contributed by atoms with Crippen molar-refractivity contribution in [2.45, 2.75) is 12.5 Å². The SMILES string of the molecule is Nc1c(O)cccc1C(=O)C[C@H](N)C(=O)OOS(=O)(=O)O. The lowest BCUT2D eigenvalue weighted by Gasteiger charge is -2.10. The highest BCUT2D eigenvalue weighted by Gasteiger charge is 2.24. The summed E-state index contributed by atoms with van der Waals surface area (Å²) in [5.41, 5.74) is 10.6. The molecule has 0 amide bonds. The molecular weight excluding hydrogens is 308 g/mol. The molecule has 0 aromatic heterocycles. The molecule has 1 atom stereocenters. The maximum absolute atomic E-state index is 11.8. The van der Waals surface area contributed by atoms with E-state index in [-0.39, 0.29) is 17.0 Å². The van der Waals surface area contributed by atoms with Gasteiger partial charge >= 0.3 is 16.4 Å². The second-order valence-electron chi connectivity index (χ2n) is 3.87. The molecule has 6 N–H and O–H groups in total. The van der Waals surface area contributed by atoms with Crippen LogP contribution in [0.3, 0.4) is 0 Å². The van der Waals surface area contributed by atoms with Crippen molar-refractivity contribution in [2.24, 2.45) is 5.73 Å². The minimum atomic E-state index is -4.98. The molecule has 0 saturated carbocycles. The molecule has 116 valence electrons. The number of rotatable bonds is 6. The summed E-state index contributed by atoms with van der Waals surface area (Å²) in [6.07, 6.45) is -0.582. The summed E-state index contributed by atoms with van der Waals surface area (Å²) < 4.78 is 31.9. The molecule has 0 radical (unpaired) electrons. The molecule has 0 aliphatic heterocycles. The predicted molar refractivity (Wildman–Crippen MR) is 68.2 cm³/mol. The number of hydrogen-bond acceptors (Lipinski definition) is 9. The quantitative estimate of drug-likeness (QED) is 0.129. The Morgan fingerprint density at radius 1 is 1.33 bits per heavy atom. The third-order valence-electron chi connectivity index (χ3n) is 2.29. The largest absolute Gasteiger partial charge is 0.506 e. The fourth-order valence-electron chi connectivity index (χ4n) is 1.33. The Bertz CT molecular complexity index is 657.